The first-order chi connectivity index (χ1) is 10.6. The monoisotopic (exact) mass is 304 g/mol. The average Bonchev–Trinajstić information content (AvgIpc) is 2.84. The van der Waals surface area contributed by atoms with Crippen LogP contribution in [0.1, 0.15) is 37.0 Å². The van der Waals surface area contributed by atoms with Crippen LogP contribution in [0.2, 0.25) is 0 Å². The molecule has 1 amide bonds. The van der Waals surface area contributed by atoms with Crippen LogP contribution >= 0.6 is 0 Å². The Labute approximate surface area is 131 Å². The average molecular weight is 304 g/mol. The number of benzene rings is 1. The molecule has 0 aromatic heterocycles. The van der Waals surface area contributed by atoms with E-state index in [4.69, 9.17) is 9.47 Å². The molecule has 1 saturated heterocycles. The van der Waals surface area contributed by atoms with Gasteiger partial charge in [0.15, 0.2) is 11.5 Å². The number of fused-ring (bicyclic) bond motifs is 1. The summed E-state index contributed by atoms with van der Waals surface area (Å²) in [4.78, 5) is 14.8. The van der Waals surface area contributed by atoms with Crippen molar-refractivity contribution in [3.8, 4) is 11.5 Å². The lowest BCUT2D eigenvalue weighted by Crippen LogP contribution is -2.38. The molecule has 0 spiro atoms. The summed E-state index contributed by atoms with van der Waals surface area (Å²) in [6, 6.07) is 6.17. The molecule has 2 aliphatic rings. The van der Waals surface area contributed by atoms with Crippen LogP contribution in [-0.2, 0) is 0 Å². The predicted molar refractivity (Wildman–Crippen MR) is 84.6 cm³/mol. The zero-order chi connectivity index (χ0) is 15.5. The molecule has 2 aliphatic heterocycles. The van der Waals surface area contributed by atoms with Gasteiger partial charge in [-0.2, -0.15) is 0 Å². The summed E-state index contributed by atoms with van der Waals surface area (Å²) in [6.07, 6.45) is 1.87. The molecule has 5 heteroatoms. The fourth-order valence-corrected chi connectivity index (χ4v) is 2.95. The van der Waals surface area contributed by atoms with Gasteiger partial charge in [-0.1, -0.05) is 0 Å². The van der Waals surface area contributed by atoms with Crippen LogP contribution in [0.3, 0.4) is 0 Å². The summed E-state index contributed by atoms with van der Waals surface area (Å²) >= 11 is 0. The zero-order valence-corrected chi connectivity index (χ0v) is 13.3. The van der Waals surface area contributed by atoms with Gasteiger partial charge >= 0.3 is 0 Å². The first kappa shape index (κ1) is 15.2. The Morgan fingerprint density at radius 1 is 1.27 bits per heavy atom. The molecule has 0 radical (unpaired) electrons. The van der Waals surface area contributed by atoms with Gasteiger partial charge in [0.1, 0.15) is 0 Å². The van der Waals surface area contributed by atoms with Crippen molar-refractivity contribution in [3.05, 3.63) is 23.8 Å². The van der Waals surface area contributed by atoms with Crippen molar-refractivity contribution in [3.63, 3.8) is 0 Å². The van der Waals surface area contributed by atoms with E-state index in [1.165, 1.54) is 0 Å². The number of likely N-dealkylation sites (tertiary alicyclic amines) is 1. The zero-order valence-electron chi connectivity index (χ0n) is 13.3. The van der Waals surface area contributed by atoms with E-state index in [0.29, 0.717) is 30.6 Å². The maximum absolute atomic E-state index is 12.4. The molecule has 1 fully saturated rings. The second kappa shape index (κ2) is 6.57. The minimum Gasteiger partial charge on any atom is -0.490 e. The third-order valence-corrected chi connectivity index (χ3v) is 4.29. The van der Waals surface area contributed by atoms with Crippen molar-refractivity contribution < 1.29 is 14.3 Å². The van der Waals surface area contributed by atoms with Crippen LogP contribution in [0, 0.1) is 0 Å². The molecule has 22 heavy (non-hydrogen) atoms. The summed E-state index contributed by atoms with van der Waals surface area (Å²) in [7, 11) is 0. The molecule has 1 aromatic carbocycles. The normalized spacial score (nSPS) is 21.7. The first-order valence-electron chi connectivity index (χ1n) is 8.08. The van der Waals surface area contributed by atoms with Gasteiger partial charge in [-0.15, -0.1) is 0 Å². The molecule has 1 unspecified atom stereocenters. The summed E-state index contributed by atoms with van der Waals surface area (Å²) in [5.74, 6) is 1.35. The van der Waals surface area contributed by atoms with Gasteiger partial charge in [-0.05, 0) is 38.5 Å². The number of carbonyl (C=O) groups excluding carboxylic acids is 1. The Kier molecular flexibility index (Phi) is 4.52. The quantitative estimate of drug-likeness (QED) is 0.929. The lowest BCUT2D eigenvalue weighted by atomic mass is 10.1. The van der Waals surface area contributed by atoms with Gasteiger partial charge < -0.3 is 14.8 Å². The second-order valence-corrected chi connectivity index (χ2v) is 6.26. The number of carbonyl (C=O) groups is 1. The third-order valence-electron chi connectivity index (χ3n) is 4.29. The Morgan fingerprint density at radius 2 is 2.05 bits per heavy atom. The van der Waals surface area contributed by atoms with E-state index in [2.05, 4.69) is 24.1 Å². The minimum atomic E-state index is -0.0359. The standard InChI is InChI=1S/C17H24N2O3/c1-12(2)19-7-6-14(11-19)18-17(20)13-4-5-15-16(10-13)22-9-3-8-21-15/h4-5,10,12,14H,3,6-9,11H2,1-2H3,(H,18,20). The number of nitrogens with one attached hydrogen (secondary N) is 1. The van der Waals surface area contributed by atoms with Crippen LogP contribution in [0.15, 0.2) is 18.2 Å². The number of amides is 1. The van der Waals surface area contributed by atoms with Crippen LogP contribution in [0.4, 0.5) is 0 Å². The van der Waals surface area contributed by atoms with Crippen molar-refractivity contribution in [2.45, 2.75) is 38.8 Å². The number of hydrogen-bond acceptors (Lipinski definition) is 4. The lowest BCUT2D eigenvalue weighted by molar-refractivity contribution is 0.0936. The molecule has 1 N–H and O–H groups in total. The Hall–Kier alpha value is -1.75. The van der Waals surface area contributed by atoms with Crippen LogP contribution in [-0.4, -0.2) is 49.2 Å². The van der Waals surface area contributed by atoms with Gasteiger partial charge in [0, 0.05) is 37.2 Å². The van der Waals surface area contributed by atoms with Gasteiger partial charge in [-0.3, -0.25) is 9.69 Å². The molecule has 1 aromatic rings. The molecule has 5 nitrogen and oxygen atoms in total. The smallest absolute Gasteiger partial charge is 0.251 e. The van der Waals surface area contributed by atoms with E-state index < -0.39 is 0 Å². The van der Waals surface area contributed by atoms with Gasteiger partial charge in [-0.25, -0.2) is 0 Å². The van der Waals surface area contributed by atoms with Crippen molar-refractivity contribution in [1.29, 1.82) is 0 Å². The molecule has 0 aliphatic carbocycles. The summed E-state index contributed by atoms with van der Waals surface area (Å²) in [6.45, 7) is 7.63. The number of ether oxygens (including phenoxy) is 2. The second-order valence-electron chi connectivity index (χ2n) is 6.26. The SMILES string of the molecule is CC(C)N1CCC(NC(=O)c2ccc3c(c2)OCCCO3)C1. The Morgan fingerprint density at radius 3 is 2.77 bits per heavy atom. The molecule has 1 atom stereocenters. The fourth-order valence-electron chi connectivity index (χ4n) is 2.95. The van der Waals surface area contributed by atoms with Gasteiger partial charge in [0.2, 0.25) is 0 Å². The van der Waals surface area contributed by atoms with Crippen molar-refractivity contribution in [2.24, 2.45) is 0 Å². The van der Waals surface area contributed by atoms with E-state index in [-0.39, 0.29) is 11.9 Å². The van der Waals surface area contributed by atoms with Crippen molar-refractivity contribution in [1.82, 2.24) is 10.2 Å². The fraction of sp³-hybridized carbons (Fsp3) is 0.588. The minimum absolute atomic E-state index is 0.0359. The summed E-state index contributed by atoms with van der Waals surface area (Å²) in [5.41, 5.74) is 0.632. The van der Waals surface area contributed by atoms with Crippen molar-refractivity contribution in [2.75, 3.05) is 26.3 Å². The Bertz CT molecular complexity index is 545. The summed E-state index contributed by atoms with van der Waals surface area (Å²) in [5, 5.41) is 3.13. The van der Waals surface area contributed by atoms with Crippen LogP contribution in [0.5, 0.6) is 11.5 Å². The highest BCUT2D eigenvalue weighted by atomic mass is 16.5. The molecule has 0 saturated carbocycles. The highest BCUT2D eigenvalue weighted by Gasteiger charge is 2.26. The predicted octanol–water partition coefficient (Wildman–Crippen LogP) is 2.06. The maximum atomic E-state index is 12.4. The topological polar surface area (TPSA) is 50.8 Å². The van der Waals surface area contributed by atoms with E-state index in [1.54, 1.807) is 12.1 Å². The van der Waals surface area contributed by atoms with E-state index in [9.17, 15) is 4.79 Å². The van der Waals surface area contributed by atoms with E-state index in [1.807, 2.05) is 6.07 Å². The third kappa shape index (κ3) is 3.35. The lowest BCUT2D eigenvalue weighted by Gasteiger charge is -2.20. The molecular formula is C17H24N2O3. The van der Waals surface area contributed by atoms with E-state index in [0.717, 1.165) is 31.7 Å². The number of rotatable bonds is 3. The van der Waals surface area contributed by atoms with Crippen LogP contribution < -0.4 is 14.8 Å². The molecule has 3 rings (SSSR count). The van der Waals surface area contributed by atoms with Gasteiger partial charge in [0.25, 0.3) is 5.91 Å². The largest absolute Gasteiger partial charge is 0.490 e. The molecular weight excluding hydrogens is 280 g/mol. The molecule has 2 heterocycles. The van der Waals surface area contributed by atoms with E-state index >= 15 is 0 Å². The maximum Gasteiger partial charge on any atom is 0.251 e. The first-order valence-corrected chi connectivity index (χ1v) is 8.08. The highest BCUT2D eigenvalue weighted by molar-refractivity contribution is 5.95. The van der Waals surface area contributed by atoms with Crippen LogP contribution in [0.25, 0.3) is 0 Å². The molecule has 0 bridgehead atoms. The Balaban J connectivity index is 1.64. The number of nitrogens with zero attached hydrogens (tertiary/aromatic N) is 1. The molecule has 120 valence electrons. The highest BCUT2D eigenvalue weighted by Crippen LogP contribution is 2.30. The summed E-state index contributed by atoms with van der Waals surface area (Å²) < 4.78 is 11.2. The number of hydrogen-bond donors (Lipinski definition) is 1. The van der Waals surface area contributed by atoms with Gasteiger partial charge in [0.05, 0.1) is 13.2 Å². The van der Waals surface area contributed by atoms with Crippen molar-refractivity contribution >= 4 is 5.91 Å².